The first-order valence-corrected chi connectivity index (χ1v) is 10.2. The Labute approximate surface area is 182 Å². The molecule has 31 heavy (non-hydrogen) atoms. The molecule has 0 atom stereocenters. The van der Waals surface area contributed by atoms with Gasteiger partial charge in [-0.15, -0.1) is 0 Å². The van der Waals surface area contributed by atoms with Crippen molar-refractivity contribution in [3.8, 4) is 11.1 Å². The number of benzene rings is 2. The minimum atomic E-state index is -4.63. The maximum Gasteiger partial charge on any atom is 0.417 e. The first kappa shape index (κ1) is 21.3. The monoisotopic (exact) mass is 445 g/mol. The molecule has 0 unspecified atom stereocenters. The van der Waals surface area contributed by atoms with Gasteiger partial charge >= 0.3 is 6.18 Å². The molecule has 1 aliphatic rings. The molecule has 3 aromatic rings. The van der Waals surface area contributed by atoms with Crippen LogP contribution >= 0.6 is 11.6 Å². The molecule has 2 aromatic carbocycles. The van der Waals surface area contributed by atoms with E-state index >= 15 is 0 Å². The number of carbonyl (C=O) groups is 1. The number of carbonyl (C=O) groups excluding carboxylic acids is 1. The normalized spacial score (nSPS) is 15.2. The Morgan fingerprint density at radius 3 is 2.19 bits per heavy atom. The third-order valence-corrected chi connectivity index (χ3v) is 5.72. The summed E-state index contributed by atoms with van der Waals surface area (Å²) in [5.74, 6) is -0.372. The molecular weight excluding hydrogens is 427 g/mol. The van der Waals surface area contributed by atoms with Gasteiger partial charge in [0.15, 0.2) is 5.78 Å². The molecule has 4 rings (SSSR count). The van der Waals surface area contributed by atoms with Crippen LogP contribution in [0.25, 0.3) is 11.1 Å². The van der Waals surface area contributed by atoms with E-state index in [9.17, 15) is 18.0 Å². The number of aromatic nitrogens is 2. The minimum absolute atomic E-state index is 0.278. The number of nitrogens with zero attached hydrogens (tertiary/aromatic N) is 3. The van der Waals surface area contributed by atoms with Crippen molar-refractivity contribution in [2.45, 2.75) is 19.0 Å². The van der Waals surface area contributed by atoms with Gasteiger partial charge in [-0.2, -0.15) is 13.2 Å². The molecule has 1 aliphatic heterocycles. The van der Waals surface area contributed by atoms with Crippen molar-refractivity contribution in [1.29, 1.82) is 0 Å². The fourth-order valence-electron chi connectivity index (χ4n) is 3.83. The first-order chi connectivity index (χ1) is 14.8. The highest BCUT2D eigenvalue weighted by Gasteiger charge is 2.37. The Morgan fingerprint density at radius 1 is 0.968 bits per heavy atom. The largest absolute Gasteiger partial charge is 0.417 e. The molecule has 4 nitrogen and oxygen atoms in total. The van der Waals surface area contributed by atoms with Crippen molar-refractivity contribution in [3.05, 3.63) is 77.1 Å². The third kappa shape index (κ3) is 4.71. The molecule has 160 valence electrons. The van der Waals surface area contributed by atoms with Crippen molar-refractivity contribution in [2.24, 2.45) is 5.92 Å². The number of alkyl halides is 3. The Bertz CT molecular complexity index is 1060. The number of hydrogen-bond donors (Lipinski definition) is 0. The van der Waals surface area contributed by atoms with Crippen molar-refractivity contribution in [3.63, 3.8) is 0 Å². The van der Waals surface area contributed by atoms with E-state index in [0.717, 1.165) is 6.07 Å². The highest BCUT2D eigenvalue weighted by molar-refractivity contribution is 6.30. The average Bonchev–Trinajstić information content (AvgIpc) is 2.79. The smallest absolute Gasteiger partial charge is 0.341 e. The van der Waals surface area contributed by atoms with Crippen LogP contribution < -0.4 is 4.90 Å². The van der Waals surface area contributed by atoms with Crippen LogP contribution in [0.4, 0.5) is 19.1 Å². The van der Waals surface area contributed by atoms with Crippen LogP contribution in [0.15, 0.2) is 60.9 Å². The lowest BCUT2D eigenvalue weighted by Crippen LogP contribution is -2.37. The standard InChI is InChI=1S/C23H19ClF3N3O/c24-18-5-2-15(3-6-18)17-4-7-19(20(14-17)23(25,26)27)21(31)16-8-12-30(13-9-16)22-28-10-1-11-29-22/h1-7,10-11,14,16H,8-9,12-13H2. The molecule has 0 saturated carbocycles. The zero-order valence-electron chi connectivity index (χ0n) is 16.4. The molecule has 1 aromatic heterocycles. The fraction of sp³-hybridized carbons (Fsp3) is 0.261. The molecule has 0 spiro atoms. The van der Waals surface area contributed by atoms with E-state index in [0.29, 0.717) is 48.0 Å². The van der Waals surface area contributed by atoms with Crippen molar-refractivity contribution in [2.75, 3.05) is 18.0 Å². The van der Waals surface area contributed by atoms with Crippen LogP contribution in [0.1, 0.15) is 28.8 Å². The Hall–Kier alpha value is -2.93. The number of piperidine rings is 1. The molecule has 0 bridgehead atoms. The second kappa shape index (κ2) is 8.67. The Morgan fingerprint density at radius 2 is 1.58 bits per heavy atom. The molecule has 0 radical (unpaired) electrons. The number of anilines is 1. The van der Waals surface area contributed by atoms with E-state index in [-0.39, 0.29) is 5.56 Å². The van der Waals surface area contributed by atoms with E-state index in [1.54, 1.807) is 48.8 Å². The summed E-state index contributed by atoms with van der Waals surface area (Å²) in [4.78, 5) is 23.4. The summed E-state index contributed by atoms with van der Waals surface area (Å²) in [7, 11) is 0. The second-order valence-corrected chi connectivity index (χ2v) is 7.88. The van der Waals surface area contributed by atoms with E-state index in [2.05, 4.69) is 9.97 Å². The summed E-state index contributed by atoms with van der Waals surface area (Å²) in [5, 5.41) is 0.499. The molecule has 2 heterocycles. The maximum absolute atomic E-state index is 13.8. The lowest BCUT2D eigenvalue weighted by atomic mass is 9.86. The third-order valence-electron chi connectivity index (χ3n) is 5.47. The van der Waals surface area contributed by atoms with Crippen LogP contribution in [0.5, 0.6) is 0 Å². The molecule has 1 fully saturated rings. The second-order valence-electron chi connectivity index (χ2n) is 7.44. The summed E-state index contributed by atoms with van der Waals surface area (Å²) in [5.41, 5.74) is -0.194. The molecule has 1 saturated heterocycles. The van der Waals surface area contributed by atoms with Crippen LogP contribution in [-0.2, 0) is 6.18 Å². The van der Waals surface area contributed by atoms with Gasteiger partial charge in [0.1, 0.15) is 0 Å². The Kier molecular flexibility index (Phi) is 5.96. The van der Waals surface area contributed by atoms with Crippen LogP contribution in [-0.4, -0.2) is 28.8 Å². The zero-order chi connectivity index (χ0) is 22.0. The summed E-state index contributed by atoms with van der Waals surface area (Å²) in [6, 6.07) is 12.2. The van der Waals surface area contributed by atoms with Gasteiger partial charge in [0, 0.05) is 42.0 Å². The summed E-state index contributed by atoms with van der Waals surface area (Å²) >= 11 is 5.87. The van der Waals surface area contributed by atoms with E-state index in [1.165, 1.54) is 6.07 Å². The molecule has 0 amide bonds. The number of ketones is 1. The topological polar surface area (TPSA) is 46.1 Å². The quantitative estimate of drug-likeness (QED) is 0.468. The number of halogens is 4. The zero-order valence-corrected chi connectivity index (χ0v) is 17.2. The van der Waals surface area contributed by atoms with Gasteiger partial charge in [0.05, 0.1) is 5.56 Å². The van der Waals surface area contributed by atoms with E-state index in [1.807, 2.05) is 4.90 Å². The van der Waals surface area contributed by atoms with Gasteiger partial charge in [0.25, 0.3) is 0 Å². The number of rotatable bonds is 4. The van der Waals surface area contributed by atoms with Gasteiger partial charge in [0.2, 0.25) is 5.95 Å². The summed E-state index contributed by atoms with van der Waals surface area (Å²) < 4.78 is 41.5. The Balaban J connectivity index is 1.57. The fourth-order valence-corrected chi connectivity index (χ4v) is 3.96. The van der Waals surface area contributed by atoms with Gasteiger partial charge in [-0.3, -0.25) is 4.79 Å². The summed E-state index contributed by atoms with van der Waals surface area (Å²) in [6.07, 6.45) is -0.457. The van der Waals surface area contributed by atoms with E-state index < -0.39 is 23.4 Å². The molecule has 0 aliphatic carbocycles. The maximum atomic E-state index is 13.8. The predicted molar refractivity (Wildman–Crippen MR) is 113 cm³/mol. The molecular formula is C23H19ClF3N3O. The highest BCUT2D eigenvalue weighted by Crippen LogP contribution is 2.37. The average molecular weight is 446 g/mol. The van der Waals surface area contributed by atoms with E-state index in [4.69, 9.17) is 11.6 Å². The lowest BCUT2D eigenvalue weighted by molar-refractivity contribution is -0.137. The van der Waals surface area contributed by atoms with Gasteiger partial charge in [-0.25, -0.2) is 9.97 Å². The van der Waals surface area contributed by atoms with Gasteiger partial charge < -0.3 is 4.90 Å². The van der Waals surface area contributed by atoms with Crippen LogP contribution in [0, 0.1) is 5.92 Å². The van der Waals surface area contributed by atoms with Crippen LogP contribution in [0.3, 0.4) is 0 Å². The molecule has 8 heteroatoms. The SMILES string of the molecule is O=C(c1ccc(-c2ccc(Cl)cc2)cc1C(F)(F)F)C1CCN(c2ncccn2)CC1. The number of hydrogen-bond acceptors (Lipinski definition) is 4. The van der Waals surface area contributed by atoms with Crippen molar-refractivity contribution in [1.82, 2.24) is 9.97 Å². The highest BCUT2D eigenvalue weighted by atomic mass is 35.5. The van der Waals surface area contributed by atoms with Gasteiger partial charge in [-0.05, 0) is 48.2 Å². The lowest BCUT2D eigenvalue weighted by Gasteiger charge is -2.31. The predicted octanol–water partition coefficient (Wildman–Crippen LogP) is 5.92. The van der Waals surface area contributed by atoms with Crippen molar-refractivity contribution < 1.29 is 18.0 Å². The summed E-state index contributed by atoms with van der Waals surface area (Å²) in [6.45, 7) is 1.04. The minimum Gasteiger partial charge on any atom is -0.341 e. The number of Topliss-reactive ketones (excluding diaryl/α,β-unsaturated/α-hetero) is 1. The van der Waals surface area contributed by atoms with Gasteiger partial charge in [-0.1, -0.05) is 35.9 Å². The molecule has 0 N–H and O–H groups in total. The van der Waals surface area contributed by atoms with Crippen LogP contribution in [0.2, 0.25) is 5.02 Å². The van der Waals surface area contributed by atoms with Crippen molar-refractivity contribution >= 4 is 23.3 Å². The first-order valence-electron chi connectivity index (χ1n) is 9.86.